The van der Waals surface area contributed by atoms with Crippen molar-refractivity contribution in [3.63, 3.8) is 0 Å². The summed E-state index contributed by atoms with van der Waals surface area (Å²) < 4.78 is 5.12. The summed E-state index contributed by atoms with van der Waals surface area (Å²) in [5.41, 5.74) is 1.52. The first-order chi connectivity index (χ1) is 12.6. The van der Waals surface area contributed by atoms with Crippen molar-refractivity contribution < 1.29 is 9.53 Å². The van der Waals surface area contributed by atoms with Crippen LogP contribution >= 0.6 is 35.0 Å². The molecule has 0 N–H and O–H groups in total. The molecule has 2 aromatic carbocycles. The Labute approximate surface area is 166 Å². The fourth-order valence-corrected chi connectivity index (χ4v) is 3.82. The van der Waals surface area contributed by atoms with E-state index in [2.05, 4.69) is 4.99 Å². The summed E-state index contributed by atoms with van der Waals surface area (Å²) in [6.07, 6.45) is 1.76. The lowest BCUT2D eigenvalue weighted by Crippen LogP contribution is -2.32. The molecule has 1 aliphatic rings. The van der Waals surface area contributed by atoms with Crippen molar-refractivity contribution >= 4 is 57.8 Å². The highest BCUT2D eigenvalue weighted by Gasteiger charge is 2.33. The van der Waals surface area contributed by atoms with Crippen molar-refractivity contribution in [3.05, 3.63) is 69.0 Å². The van der Waals surface area contributed by atoms with Gasteiger partial charge in [0.2, 0.25) is 0 Å². The fraction of sp³-hybridized carbons (Fsp3) is 0.158. The molecule has 0 aromatic heterocycles. The molecule has 7 heteroatoms. The summed E-state index contributed by atoms with van der Waals surface area (Å²) in [7, 11) is 1.60. The Morgan fingerprint density at radius 1 is 1.19 bits per heavy atom. The Hall–Kier alpha value is -1.79. The number of halogens is 2. The van der Waals surface area contributed by atoms with E-state index >= 15 is 0 Å². The van der Waals surface area contributed by atoms with Gasteiger partial charge in [0.15, 0.2) is 5.17 Å². The van der Waals surface area contributed by atoms with Crippen LogP contribution in [0.25, 0.3) is 6.08 Å². The molecular formula is C19H16Cl2N2O2S. The van der Waals surface area contributed by atoms with Crippen molar-refractivity contribution in [2.75, 3.05) is 20.3 Å². The highest BCUT2D eigenvalue weighted by atomic mass is 35.5. The molecule has 1 heterocycles. The van der Waals surface area contributed by atoms with Crippen LogP contribution in [0.2, 0.25) is 10.0 Å². The molecule has 3 rings (SSSR count). The standard InChI is InChI=1S/C19H16Cl2N2O2S/c1-25-10-9-23-18(24)17(11-13-7-8-14(20)12-16(13)21)26-19(23)22-15-5-3-2-4-6-15/h2-8,11-12H,9-10H2,1H3. The molecule has 134 valence electrons. The third-order valence-corrected chi connectivity index (χ3v) is 5.21. The van der Waals surface area contributed by atoms with Gasteiger partial charge in [-0.25, -0.2) is 4.99 Å². The Morgan fingerprint density at radius 3 is 2.65 bits per heavy atom. The van der Waals surface area contributed by atoms with Gasteiger partial charge in [-0.1, -0.05) is 47.5 Å². The summed E-state index contributed by atoms with van der Waals surface area (Å²) in [6.45, 7) is 0.856. The van der Waals surface area contributed by atoms with Gasteiger partial charge in [-0.15, -0.1) is 0 Å². The van der Waals surface area contributed by atoms with Crippen LogP contribution in [0.1, 0.15) is 5.56 Å². The number of aliphatic imine (C=N–C) groups is 1. The number of amides is 1. The molecule has 0 spiro atoms. The summed E-state index contributed by atoms with van der Waals surface area (Å²) in [4.78, 5) is 19.6. The van der Waals surface area contributed by atoms with Crippen LogP contribution in [0, 0.1) is 0 Å². The van der Waals surface area contributed by atoms with Crippen molar-refractivity contribution in [1.29, 1.82) is 0 Å². The van der Waals surface area contributed by atoms with E-state index in [1.54, 1.807) is 36.3 Å². The molecule has 1 fully saturated rings. The number of thioether (sulfide) groups is 1. The second-order valence-electron chi connectivity index (χ2n) is 5.46. The van der Waals surface area contributed by atoms with Gasteiger partial charge >= 0.3 is 0 Å². The smallest absolute Gasteiger partial charge is 0.266 e. The number of hydrogen-bond acceptors (Lipinski definition) is 4. The van der Waals surface area contributed by atoms with E-state index in [0.717, 1.165) is 11.3 Å². The predicted molar refractivity (Wildman–Crippen MR) is 109 cm³/mol. The molecule has 1 aliphatic heterocycles. The topological polar surface area (TPSA) is 41.9 Å². The van der Waals surface area contributed by atoms with E-state index < -0.39 is 0 Å². The number of rotatable bonds is 5. The van der Waals surface area contributed by atoms with Gasteiger partial charge in [-0.2, -0.15) is 0 Å². The van der Waals surface area contributed by atoms with E-state index in [4.69, 9.17) is 27.9 Å². The maximum Gasteiger partial charge on any atom is 0.266 e. The van der Waals surface area contributed by atoms with E-state index in [1.165, 1.54) is 11.8 Å². The molecular weight excluding hydrogens is 391 g/mol. The van der Waals surface area contributed by atoms with Gasteiger partial charge in [-0.05, 0) is 47.7 Å². The van der Waals surface area contributed by atoms with E-state index in [-0.39, 0.29) is 5.91 Å². The Balaban J connectivity index is 1.94. The molecule has 0 unspecified atom stereocenters. The predicted octanol–water partition coefficient (Wildman–Crippen LogP) is 5.24. The highest BCUT2D eigenvalue weighted by Crippen LogP contribution is 2.35. The fourth-order valence-electron chi connectivity index (χ4n) is 2.34. The Bertz CT molecular complexity index is 869. The maximum atomic E-state index is 12.8. The van der Waals surface area contributed by atoms with Crippen molar-refractivity contribution in [2.24, 2.45) is 4.99 Å². The van der Waals surface area contributed by atoms with Gasteiger partial charge in [0.25, 0.3) is 5.91 Å². The van der Waals surface area contributed by atoms with Crippen LogP contribution < -0.4 is 0 Å². The number of benzene rings is 2. The first kappa shape index (κ1) is 19.0. The number of ether oxygens (including phenoxy) is 1. The van der Waals surface area contributed by atoms with Crippen LogP contribution in [0.15, 0.2) is 58.4 Å². The SMILES string of the molecule is COCCN1C(=O)C(=Cc2ccc(Cl)cc2Cl)SC1=Nc1ccccc1. The quantitative estimate of drug-likeness (QED) is 0.637. The summed E-state index contributed by atoms with van der Waals surface area (Å²) in [6, 6.07) is 14.7. The van der Waals surface area contributed by atoms with E-state index in [1.807, 2.05) is 30.3 Å². The highest BCUT2D eigenvalue weighted by molar-refractivity contribution is 8.18. The average molecular weight is 407 g/mol. The molecule has 4 nitrogen and oxygen atoms in total. The van der Waals surface area contributed by atoms with Crippen molar-refractivity contribution in [2.45, 2.75) is 0 Å². The molecule has 0 aliphatic carbocycles. The average Bonchev–Trinajstić information content (AvgIpc) is 2.91. The number of amidine groups is 1. The number of carbonyl (C=O) groups is 1. The van der Waals surface area contributed by atoms with Gasteiger partial charge < -0.3 is 4.74 Å². The molecule has 26 heavy (non-hydrogen) atoms. The molecule has 2 aromatic rings. The number of carbonyl (C=O) groups excluding carboxylic acids is 1. The van der Waals surface area contributed by atoms with Gasteiger partial charge in [0, 0.05) is 17.2 Å². The molecule has 0 bridgehead atoms. The minimum Gasteiger partial charge on any atom is -0.383 e. The first-order valence-corrected chi connectivity index (χ1v) is 9.45. The minimum absolute atomic E-state index is 0.118. The zero-order valence-electron chi connectivity index (χ0n) is 14.0. The van der Waals surface area contributed by atoms with Crippen LogP contribution in [-0.4, -0.2) is 36.2 Å². The van der Waals surface area contributed by atoms with Crippen molar-refractivity contribution in [3.8, 4) is 0 Å². The van der Waals surface area contributed by atoms with Gasteiger partial charge in [0.1, 0.15) is 0 Å². The van der Waals surface area contributed by atoms with Crippen LogP contribution in [0.3, 0.4) is 0 Å². The Morgan fingerprint density at radius 2 is 1.96 bits per heavy atom. The largest absolute Gasteiger partial charge is 0.383 e. The molecule has 1 saturated heterocycles. The number of hydrogen-bond donors (Lipinski definition) is 0. The lowest BCUT2D eigenvalue weighted by atomic mass is 10.2. The molecule has 0 atom stereocenters. The molecule has 0 radical (unpaired) electrons. The van der Waals surface area contributed by atoms with Gasteiger partial charge in [0.05, 0.1) is 23.7 Å². The van der Waals surface area contributed by atoms with E-state index in [0.29, 0.717) is 33.3 Å². The first-order valence-electron chi connectivity index (χ1n) is 7.87. The van der Waals surface area contributed by atoms with E-state index in [9.17, 15) is 4.79 Å². The third kappa shape index (κ3) is 4.48. The summed E-state index contributed by atoms with van der Waals surface area (Å²) in [5.74, 6) is -0.118. The second kappa shape index (κ2) is 8.73. The van der Waals surface area contributed by atoms with Crippen molar-refractivity contribution in [1.82, 2.24) is 4.90 Å². The second-order valence-corrected chi connectivity index (χ2v) is 7.31. The lowest BCUT2D eigenvalue weighted by Gasteiger charge is -2.14. The number of para-hydroxylation sites is 1. The monoisotopic (exact) mass is 406 g/mol. The zero-order valence-corrected chi connectivity index (χ0v) is 16.3. The molecule has 0 saturated carbocycles. The van der Waals surface area contributed by atoms with Crippen LogP contribution in [0.4, 0.5) is 5.69 Å². The van der Waals surface area contributed by atoms with Crippen LogP contribution in [-0.2, 0) is 9.53 Å². The minimum atomic E-state index is -0.118. The maximum absolute atomic E-state index is 12.8. The normalized spacial score (nSPS) is 17.5. The van der Waals surface area contributed by atoms with Gasteiger partial charge in [-0.3, -0.25) is 9.69 Å². The number of methoxy groups -OCH3 is 1. The summed E-state index contributed by atoms with van der Waals surface area (Å²) >= 11 is 13.5. The van der Waals surface area contributed by atoms with Crippen LogP contribution in [0.5, 0.6) is 0 Å². The summed E-state index contributed by atoms with van der Waals surface area (Å²) in [5, 5.41) is 1.67. The third-order valence-electron chi connectivity index (χ3n) is 3.64. The number of nitrogens with zero attached hydrogens (tertiary/aromatic N) is 2. The Kier molecular flexibility index (Phi) is 6.38. The lowest BCUT2D eigenvalue weighted by molar-refractivity contribution is -0.122. The zero-order chi connectivity index (χ0) is 18.5. The molecule has 1 amide bonds.